The predicted molar refractivity (Wildman–Crippen MR) is 119 cm³/mol. The molecule has 1 atom stereocenters. The largest absolute Gasteiger partial charge is 0.507 e. The molecule has 7 heteroatoms. The first kappa shape index (κ1) is 22.8. The molecular weight excluding hydrogens is 416 g/mol. The highest BCUT2D eigenvalue weighted by atomic mass is 35.5. The lowest BCUT2D eigenvalue weighted by molar-refractivity contribution is -0.135. The number of benzene rings is 2. The van der Waals surface area contributed by atoms with Gasteiger partial charge in [-0.1, -0.05) is 37.6 Å². The van der Waals surface area contributed by atoms with Gasteiger partial charge in [0.2, 0.25) is 5.91 Å². The van der Waals surface area contributed by atoms with Gasteiger partial charge >= 0.3 is 0 Å². The Hall–Kier alpha value is -2.86. The highest BCUT2D eigenvalue weighted by Gasteiger charge is 2.33. The van der Waals surface area contributed by atoms with Crippen molar-refractivity contribution in [3.63, 3.8) is 0 Å². The number of carbonyl (C=O) groups excluding carboxylic acids is 3. The molecule has 3 rings (SSSR count). The number of likely N-dealkylation sites (tertiary alicyclic amines) is 1. The van der Waals surface area contributed by atoms with Gasteiger partial charge in [0, 0.05) is 29.6 Å². The van der Waals surface area contributed by atoms with E-state index in [-0.39, 0.29) is 34.8 Å². The van der Waals surface area contributed by atoms with Crippen LogP contribution in [0.25, 0.3) is 0 Å². The van der Waals surface area contributed by atoms with Crippen LogP contribution in [-0.4, -0.2) is 46.7 Å². The summed E-state index contributed by atoms with van der Waals surface area (Å²) >= 11 is 5.90. The topological polar surface area (TPSA) is 86.7 Å². The van der Waals surface area contributed by atoms with Crippen LogP contribution in [0.4, 0.5) is 0 Å². The molecule has 1 heterocycles. The number of rotatable bonds is 6. The number of carbonyl (C=O) groups is 3. The van der Waals surface area contributed by atoms with Crippen LogP contribution in [0, 0.1) is 11.8 Å². The number of phenols is 1. The second-order valence-electron chi connectivity index (χ2n) is 8.18. The zero-order valence-electron chi connectivity index (χ0n) is 17.7. The molecule has 0 radical (unpaired) electrons. The third-order valence-electron chi connectivity index (χ3n) is 5.67. The summed E-state index contributed by atoms with van der Waals surface area (Å²) in [6.45, 7) is 4.64. The summed E-state index contributed by atoms with van der Waals surface area (Å²) < 4.78 is 0. The van der Waals surface area contributed by atoms with Gasteiger partial charge in [-0.2, -0.15) is 0 Å². The minimum Gasteiger partial charge on any atom is -0.507 e. The Kier molecular flexibility index (Phi) is 7.33. The molecule has 2 N–H and O–H groups in total. The maximum absolute atomic E-state index is 13.1. The van der Waals surface area contributed by atoms with Crippen LogP contribution in [0.2, 0.25) is 5.02 Å². The van der Waals surface area contributed by atoms with E-state index >= 15 is 0 Å². The van der Waals surface area contributed by atoms with Gasteiger partial charge in [-0.3, -0.25) is 14.4 Å². The van der Waals surface area contributed by atoms with Gasteiger partial charge in [0.15, 0.2) is 5.78 Å². The molecule has 1 aliphatic heterocycles. The summed E-state index contributed by atoms with van der Waals surface area (Å²) in [5.41, 5.74) is 0.761. The fourth-order valence-corrected chi connectivity index (χ4v) is 3.93. The maximum Gasteiger partial charge on any atom is 0.255 e. The molecule has 2 amide bonds. The zero-order chi connectivity index (χ0) is 22.5. The molecule has 164 valence electrons. The molecule has 0 unspecified atom stereocenters. The second kappa shape index (κ2) is 9.96. The molecule has 6 nitrogen and oxygen atoms in total. The monoisotopic (exact) mass is 442 g/mol. The Balaban J connectivity index is 1.62. The maximum atomic E-state index is 13.1. The van der Waals surface area contributed by atoms with Gasteiger partial charge in [0.05, 0.1) is 5.56 Å². The van der Waals surface area contributed by atoms with Crippen LogP contribution in [-0.2, 0) is 4.79 Å². The number of phenolic OH excluding ortho intramolecular Hbond substituents is 1. The molecular formula is C24H27ClN2O4. The Labute approximate surface area is 187 Å². The average Bonchev–Trinajstić information content (AvgIpc) is 2.77. The molecule has 0 saturated carbocycles. The number of hydrogen-bond donors (Lipinski definition) is 2. The van der Waals surface area contributed by atoms with E-state index in [9.17, 15) is 19.5 Å². The van der Waals surface area contributed by atoms with Crippen molar-refractivity contribution in [3.8, 4) is 5.75 Å². The van der Waals surface area contributed by atoms with Crippen LogP contribution >= 0.6 is 11.6 Å². The number of piperidine rings is 1. The number of hydrogen-bond acceptors (Lipinski definition) is 4. The molecule has 0 aliphatic carbocycles. The van der Waals surface area contributed by atoms with Gasteiger partial charge in [0.1, 0.15) is 11.8 Å². The van der Waals surface area contributed by atoms with Crippen molar-refractivity contribution >= 4 is 29.2 Å². The Morgan fingerprint density at radius 2 is 1.65 bits per heavy atom. The SMILES string of the molecule is CC(C)[C@H](NC(=O)c1ccccc1O)C(=O)N1CCC(C(=O)c2ccc(Cl)cc2)CC1. The van der Waals surface area contributed by atoms with Crippen LogP contribution in [0.5, 0.6) is 5.75 Å². The Morgan fingerprint density at radius 3 is 2.23 bits per heavy atom. The van der Waals surface area contributed by atoms with Gasteiger partial charge in [-0.25, -0.2) is 0 Å². The summed E-state index contributed by atoms with van der Waals surface area (Å²) in [5.74, 6) is -0.989. The van der Waals surface area contributed by atoms with Crippen molar-refractivity contribution in [1.82, 2.24) is 10.2 Å². The number of aromatic hydroxyl groups is 1. The molecule has 1 aliphatic rings. The lowest BCUT2D eigenvalue weighted by Gasteiger charge is -2.35. The number of nitrogens with zero attached hydrogens (tertiary/aromatic N) is 1. The highest BCUT2D eigenvalue weighted by molar-refractivity contribution is 6.30. The van der Waals surface area contributed by atoms with Crippen LogP contribution in [0.3, 0.4) is 0 Å². The molecule has 0 spiro atoms. The lowest BCUT2D eigenvalue weighted by Crippen LogP contribution is -2.53. The van der Waals surface area contributed by atoms with Crippen molar-refractivity contribution in [1.29, 1.82) is 0 Å². The normalized spacial score (nSPS) is 15.5. The first-order valence-electron chi connectivity index (χ1n) is 10.5. The van der Waals surface area contributed by atoms with Crippen molar-refractivity contribution in [3.05, 3.63) is 64.7 Å². The summed E-state index contributed by atoms with van der Waals surface area (Å²) in [5, 5.41) is 13.3. The van der Waals surface area contributed by atoms with Crippen LogP contribution in [0.15, 0.2) is 48.5 Å². The molecule has 0 bridgehead atoms. The molecule has 2 aromatic rings. The summed E-state index contributed by atoms with van der Waals surface area (Å²) in [7, 11) is 0. The number of halogens is 1. The fourth-order valence-electron chi connectivity index (χ4n) is 3.81. The van der Waals surface area contributed by atoms with Crippen LogP contribution in [0.1, 0.15) is 47.4 Å². The number of para-hydroxylation sites is 1. The standard InChI is InChI=1S/C24H27ClN2O4/c1-15(2)21(26-23(30)19-5-3-4-6-20(19)28)24(31)27-13-11-17(12-14-27)22(29)16-7-9-18(25)10-8-16/h3-10,15,17,21,28H,11-14H2,1-2H3,(H,26,30)/t21-/m0/s1. The van der Waals surface area contributed by atoms with E-state index in [1.54, 1.807) is 41.3 Å². The second-order valence-corrected chi connectivity index (χ2v) is 8.62. The molecule has 1 fully saturated rings. The lowest BCUT2D eigenvalue weighted by atomic mass is 9.88. The van der Waals surface area contributed by atoms with E-state index in [4.69, 9.17) is 11.6 Å². The highest BCUT2D eigenvalue weighted by Crippen LogP contribution is 2.24. The predicted octanol–water partition coefficient (Wildman–Crippen LogP) is 3.92. The van der Waals surface area contributed by atoms with Crippen molar-refractivity contribution in [2.24, 2.45) is 11.8 Å². The third-order valence-corrected chi connectivity index (χ3v) is 5.93. The first-order valence-corrected chi connectivity index (χ1v) is 10.8. The number of Topliss-reactive ketones (excluding diaryl/α,β-unsaturated/α-hetero) is 1. The smallest absolute Gasteiger partial charge is 0.255 e. The molecule has 1 saturated heterocycles. The van der Waals surface area contributed by atoms with Crippen LogP contribution < -0.4 is 5.32 Å². The number of amides is 2. The van der Waals surface area contributed by atoms with E-state index in [1.165, 1.54) is 12.1 Å². The van der Waals surface area contributed by atoms with Crippen molar-refractivity contribution in [2.75, 3.05) is 13.1 Å². The average molecular weight is 443 g/mol. The minimum atomic E-state index is -0.712. The van der Waals surface area contributed by atoms with Crippen molar-refractivity contribution < 1.29 is 19.5 Å². The third kappa shape index (κ3) is 5.44. The first-order chi connectivity index (χ1) is 14.8. The van der Waals surface area contributed by atoms with E-state index in [2.05, 4.69) is 5.32 Å². The molecule has 2 aromatic carbocycles. The number of nitrogens with one attached hydrogen (secondary N) is 1. The summed E-state index contributed by atoms with van der Waals surface area (Å²) in [4.78, 5) is 40.2. The van der Waals surface area contributed by atoms with E-state index in [1.807, 2.05) is 13.8 Å². The van der Waals surface area contributed by atoms with E-state index in [0.717, 1.165) is 0 Å². The summed E-state index contributed by atoms with van der Waals surface area (Å²) in [6.07, 6.45) is 1.15. The molecule has 31 heavy (non-hydrogen) atoms. The Bertz CT molecular complexity index is 950. The number of ketones is 1. The quantitative estimate of drug-likeness (QED) is 0.664. The van der Waals surface area contributed by atoms with Gasteiger partial charge in [-0.05, 0) is 55.2 Å². The minimum absolute atomic E-state index is 0.0667. The van der Waals surface area contributed by atoms with Gasteiger partial charge in [-0.15, -0.1) is 0 Å². The zero-order valence-corrected chi connectivity index (χ0v) is 18.4. The van der Waals surface area contributed by atoms with Gasteiger partial charge < -0.3 is 15.3 Å². The summed E-state index contributed by atoms with van der Waals surface area (Å²) in [6, 6.07) is 12.4. The van der Waals surface area contributed by atoms with Gasteiger partial charge in [0.25, 0.3) is 5.91 Å². The van der Waals surface area contributed by atoms with Crippen molar-refractivity contribution in [2.45, 2.75) is 32.7 Å². The van der Waals surface area contributed by atoms with E-state index < -0.39 is 11.9 Å². The molecule has 0 aromatic heterocycles. The Morgan fingerprint density at radius 1 is 1.03 bits per heavy atom. The fraction of sp³-hybridized carbons (Fsp3) is 0.375. The van der Waals surface area contributed by atoms with E-state index in [0.29, 0.717) is 36.5 Å².